The van der Waals surface area contributed by atoms with Crippen molar-refractivity contribution in [2.75, 3.05) is 23.3 Å². The van der Waals surface area contributed by atoms with Gasteiger partial charge in [0.05, 0.1) is 17.9 Å². The van der Waals surface area contributed by atoms with Crippen LogP contribution in [0, 0.1) is 0 Å². The maximum absolute atomic E-state index is 11.9. The van der Waals surface area contributed by atoms with Crippen molar-refractivity contribution < 1.29 is 4.79 Å². The Hall–Kier alpha value is -1.55. The second-order valence-electron chi connectivity index (χ2n) is 6.15. The Morgan fingerprint density at radius 1 is 1.24 bits per heavy atom. The largest absolute Gasteiger partial charge is 0.358 e. The molecule has 1 aliphatic carbocycles. The summed E-state index contributed by atoms with van der Waals surface area (Å²) in [6.45, 7) is 3.82. The van der Waals surface area contributed by atoms with Gasteiger partial charge in [-0.25, -0.2) is 0 Å². The van der Waals surface area contributed by atoms with Crippen LogP contribution in [-0.2, 0) is 4.79 Å². The zero-order valence-corrected chi connectivity index (χ0v) is 12.8. The van der Waals surface area contributed by atoms with E-state index in [0.717, 1.165) is 12.2 Å². The highest BCUT2D eigenvalue weighted by Crippen LogP contribution is 2.34. The molecule has 4 nitrogen and oxygen atoms in total. The molecule has 1 aliphatic heterocycles. The van der Waals surface area contributed by atoms with Gasteiger partial charge in [-0.2, -0.15) is 0 Å². The van der Waals surface area contributed by atoms with E-state index in [1.807, 2.05) is 12.1 Å². The highest BCUT2D eigenvalue weighted by atomic mass is 16.2. The predicted molar refractivity (Wildman–Crippen MR) is 86.8 cm³/mol. The first-order valence-corrected chi connectivity index (χ1v) is 8.17. The van der Waals surface area contributed by atoms with Gasteiger partial charge in [-0.3, -0.25) is 4.79 Å². The molecule has 0 aromatic heterocycles. The van der Waals surface area contributed by atoms with Crippen molar-refractivity contribution in [2.24, 2.45) is 0 Å². The number of benzene rings is 1. The van der Waals surface area contributed by atoms with Crippen molar-refractivity contribution in [2.45, 2.75) is 51.1 Å². The number of nitrogens with zero attached hydrogens (tertiary/aromatic N) is 1. The molecular formula is C17H25N3O. The molecular weight excluding hydrogens is 262 g/mol. The smallest absolute Gasteiger partial charge is 0.243 e. The Kier molecular flexibility index (Phi) is 4.44. The quantitative estimate of drug-likeness (QED) is 0.895. The Morgan fingerprint density at radius 3 is 2.76 bits per heavy atom. The van der Waals surface area contributed by atoms with Crippen LogP contribution in [0.4, 0.5) is 11.4 Å². The molecule has 1 amide bonds. The lowest BCUT2D eigenvalue weighted by atomic mass is 9.89. The summed E-state index contributed by atoms with van der Waals surface area (Å²) in [7, 11) is 0. The zero-order valence-electron chi connectivity index (χ0n) is 12.8. The first-order valence-electron chi connectivity index (χ1n) is 8.17. The van der Waals surface area contributed by atoms with Crippen LogP contribution >= 0.6 is 0 Å². The van der Waals surface area contributed by atoms with Crippen molar-refractivity contribution in [3.05, 3.63) is 24.3 Å². The van der Waals surface area contributed by atoms with Gasteiger partial charge in [0, 0.05) is 12.1 Å². The van der Waals surface area contributed by atoms with Gasteiger partial charge in [-0.05, 0) is 50.8 Å². The van der Waals surface area contributed by atoms with Crippen LogP contribution in [0.5, 0.6) is 0 Å². The average molecular weight is 287 g/mol. The molecule has 0 radical (unpaired) electrons. The van der Waals surface area contributed by atoms with E-state index in [-0.39, 0.29) is 5.91 Å². The van der Waals surface area contributed by atoms with Crippen LogP contribution in [-0.4, -0.2) is 31.1 Å². The summed E-state index contributed by atoms with van der Waals surface area (Å²) in [5.41, 5.74) is 2.14. The molecule has 1 saturated carbocycles. The molecule has 0 atom stereocenters. The van der Waals surface area contributed by atoms with Crippen molar-refractivity contribution in [3.63, 3.8) is 0 Å². The van der Waals surface area contributed by atoms with Crippen molar-refractivity contribution in [1.82, 2.24) is 5.32 Å². The number of hydrogen-bond acceptors (Lipinski definition) is 3. The number of rotatable bonds is 4. The number of nitrogens with one attached hydrogen (secondary N) is 2. The highest BCUT2D eigenvalue weighted by molar-refractivity contribution is 6.01. The lowest BCUT2D eigenvalue weighted by Gasteiger charge is -2.41. The van der Waals surface area contributed by atoms with Crippen LogP contribution in [0.2, 0.25) is 0 Å². The summed E-state index contributed by atoms with van der Waals surface area (Å²) < 4.78 is 0. The van der Waals surface area contributed by atoms with Gasteiger partial charge in [-0.1, -0.05) is 19.1 Å². The summed E-state index contributed by atoms with van der Waals surface area (Å²) in [4.78, 5) is 14.2. The summed E-state index contributed by atoms with van der Waals surface area (Å²) in [5, 5.41) is 6.60. The summed E-state index contributed by atoms with van der Waals surface area (Å²) in [5.74, 6) is 0.111. The highest BCUT2D eigenvalue weighted by Gasteiger charge is 2.30. The van der Waals surface area contributed by atoms with Gasteiger partial charge in [0.15, 0.2) is 0 Å². The van der Waals surface area contributed by atoms with Crippen LogP contribution in [0.3, 0.4) is 0 Å². The van der Waals surface area contributed by atoms with E-state index >= 15 is 0 Å². The van der Waals surface area contributed by atoms with Crippen molar-refractivity contribution in [3.8, 4) is 0 Å². The fraction of sp³-hybridized carbons (Fsp3) is 0.588. The SMILES string of the molecule is CCCNC1CCC(N2CC(=O)Nc3ccccc32)CC1. The summed E-state index contributed by atoms with van der Waals surface area (Å²) in [6, 6.07) is 9.31. The minimum absolute atomic E-state index is 0.111. The van der Waals surface area contributed by atoms with Crippen molar-refractivity contribution in [1.29, 1.82) is 0 Å². The fourth-order valence-electron chi connectivity index (χ4n) is 3.53. The van der Waals surface area contributed by atoms with E-state index in [4.69, 9.17) is 0 Å². The minimum Gasteiger partial charge on any atom is -0.358 e. The van der Waals surface area contributed by atoms with E-state index < -0.39 is 0 Å². The maximum Gasteiger partial charge on any atom is 0.243 e. The third-order valence-electron chi connectivity index (χ3n) is 4.62. The number of hydrogen-bond donors (Lipinski definition) is 2. The van der Waals surface area contributed by atoms with Crippen molar-refractivity contribution >= 4 is 17.3 Å². The lowest BCUT2D eigenvalue weighted by molar-refractivity contribution is -0.115. The normalized spacial score (nSPS) is 25.4. The molecule has 114 valence electrons. The number of carbonyl (C=O) groups excluding carboxylic acids is 1. The van der Waals surface area contributed by atoms with E-state index in [1.54, 1.807) is 0 Å². The Morgan fingerprint density at radius 2 is 2.00 bits per heavy atom. The van der Waals surface area contributed by atoms with Crippen LogP contribution in [0.25, 0.3) is 0 Å². The molecule has 21 heavy (non-hydrogen) atoms. The molecule has 3 rings (SSSR count). The topological polar surface area (TPSA) is 44.4 Å². The summed E-state index contributed by atoms with van der Waals surface area (Å²) in [6.07, 6.45) is 5.96. The molecule has 0 saturated heterocycles. The van der Waals surface area contributed by atoms with Gasteiger partial charge in [0.2, 0.25) is 5.91 Å². The third-order valence-corrected chi connectivity index (χ3v) is 4.62. The van der Waals surface area contributed by atoms with E-state index in [2.05, 4.69) is 34.6 Å². The van der Waals surface area contributed by atoms with Crippen LogP contribution < -0.4 is 15.5 Å². The molecule has 4 heteroatoms. The maximum atomic E-state index is 11.9. The molecule has 0 spiro atoms. The average Bonchev–Trinajstić information content (AvgIpc) is 2.52. The minimum atomic E-state index is 0.111. The monoisotopic (exact) mass is 287 g/mol. The van der Waals surface area contributed by atoms with Gasteiger partial charge in [0.25, 0.3) is 0 Å². The van der Waals surface area contributed by atoms with E-state index in [9.17, 15) is 4.79 Å². The van der Waals surface area contributed by atoms with Gasteiger partial charge in [0.1, 0.15) is 0 Å². The van der Waals surface area contributed by atoms with E-state index in [0.29, 0.717) is 18.6 Å². The fourth-order valence-corrected chi connectivity index (χ4v) is 3.53. The third kappa shape index (κ3) is 3.21. The van der Waals surface area contributed by atoms with E-state index in [1.165, 1.54) is 37.8 Å². The molecule has 2 aliphatic rings. The Bertz CT molecular complexity index is 495. The predicted octanol–water partition coefficient (Wildman–Crippen LogP) is 2.76. The number of amides is 1. The number of carbonyl (C=O) groups is 1. The second kappa shape index (κ2) is 6.48. The van der Waals surface area contributed by atoms with Crippen LogP contribution in [0.15, 0.2) is 24.3 Å². The zero-order chi connectivity index (χ0) is 14.7. The standard InChI is InChI=1S/C17H25N3O/c1-2-11-18-13-7-9-14(10-8-13)20-12-17(21)19-15-5-3-4-6-16(15)20/h3-6,13-14,18H,2,7-12H2,1H3,(H,19,21). The number of fused-ring (bicyclic) bond motifs is 1. The summed E-state index contributed by atoms with van der Waals surface area (Å²) >= 11 is 0. The molecule has 1 fully saturated rings. The first kappa shape index (κ1) is 14.4. The molecule has 1 aromatic carbocycles. The molecule has 0 bridgehead atoms. The first-order chi connectivity index (χ1) is 10.3. The molecule has 1 aromatic rings. The van der Waals surface area contributed by atoms with Gasteiger partial charge in [-0.15, -0.1) is 0 Å². The Labute approximate surface area is 126 Å². The second-order valence-corrected chi connectivity index (χ2v) is 6.15. The number of anilines is 2. The molecule has 0 unspecified atom stereocenters. The molecule has 2 N–H and O–H groups in total. The van der Waals surface area contributed by atoms with Gasteiger partial charge >= 0.3 is 0 Å². The molecule has 1 heterocycles. The number of para-hydroxylation sites is 2. The Balaban J connectivity index is 1.67. The van der Waals surface area contributed by atoms with Gasteiger partial charge < -0.3 is 15.5 Å². The van der Waals surface area contributed by atoms with Crippen LogP contribution in [0.1, 0.15) is 39.0 Å². The lowest BCUT2D eigenvalue weighted by Crippen LogP contribution is -2.48.